The average Bonchev–Trinajstić information content (AvgIpc) is 3.18. The van der Waals surface area contributed by atoms with Crippen molar-refractivity contribution in [2.75, 3.05) is 37.2 Å². The van der Waals surface area contributed by atoms with Gasteiger partial charge in [-0.2, -0.15) is 4.31 Å². The molecule has 0 radical (unpaired) electrons. The van der Waals surface area contributed by atoms with Gasteiger partial charge in [-0.3, -0.25) is 9.52 Å². The zero-order valence-electron chi connectivity index (χ0n) is 20.5. The minimum absolute atomic E-state index is 0.0107. The van der Waals surface area contributed by atoms with Crippen molar-refractivity contribution in [3.8, 4) is 0 Å². The minimum atomic E-state index is -3.99. The Kier molecular flexibility index (Phi) is 8.64. The second kappa shape index (κ2) is 11.5. The standard InChI is InChI=1S/C25H33N3O5S3/c1-34-24-14-13-22(19-23(24)25(29)27-15-5-2-3-6-16-27)35(30,31)26-20-9-11-21(12-10-20)36(32,33)28-17-7-4-8-18-28/h9-14,19,26H,2-8,15-18H2,1H3. The lowest BCUT2D eigenvalue weighted by Crippen LogP contribution is -2.35. The number of carbonyl (C=O) groups is 1. The molecule has 36 heavy (non-hydrogen) atoms. The van der Waals surface area contributed by atoms with Crippen molar-refractivity contribution in [3.05, 3.63) is 48.0 Å². The Morgan fingerprint density at radius 1 is 0.778 bits per heavy atom. The molecule has 11 heteroatoms. The SMILES string of the molecule is CSc1ccc(S(=O)(=O)Nc2ccc(S(=O)(=O)N3CCCCC3)cc2)cc1C(=O)N1CCCCCC1. The number of hydrogen-bond donors (Lipinski definition) is 1. The number of benzene rings is 2. The van der Waals surface area contributed by atoms with Gasteiger partial charge in [-0.25, -0.2) is 16.8 Å². The lowest BCUT2D eigenvalue weighted by Gasteiger charge is -2.25. The molecule has 0 aliphatic carbocycles. The van der Waals surface area contributed by atoms with Gasteiger partial charge in [-0.1, -0.05) is 19.3 Å². The molecule has 2 saturated heterocycles. The third-order valence-corrected chi connectivity index (χ3v) is 10.8. The summed E-state index contributed by atoms with van der Waals surface area (Å²) in [6.45, 7) is 2.35. The molecule has 4 rings (SSSR count). The van der Waals surface area contributed by atoms with E-state index < -0.39 is 20.0 Å². The van der Waals surface area contributed by atoms with Crippen LogP contribution in [0.1, 0.15) is 55.3 Å². The van der Waals surface area contributed by atoms with Crippen LogP contribution in [0.4, 0.5) is 5.69 Å². The number of amides is 1. The maximum Gasteiger partial charge on any atom is 0.261 e. The molecule has 0 unspecified atom stereocenters. The predicted molar refractivity (Wildman–Crippen MR) is 142 cm³/mol. The van der Waals surface area contributed by atoms with E-state index >= 15 is 0 Å². The molecule has 8 nitrogen and oxygen atoms in total. The van der Waals surface area contributed by atoms with Crippen LogP contribution in [0.3, 0.4) is 0 Å². The molecule has 1 N–H and O–H groups in total. The van der Waals surface area contributed by atoms with Crippen LogP contribution in [0.25, 0.3) is 0 Å². The maximum absolute atomic E-state index is 13.3. The Labute approximate surface area is 218 Å². The van der Waals surface area contributed by atoms with Crippen LogP contribution in [-0.2, 0) is 20.0 Å². The topological polar surface area (TPSA) is 104 Å². The van der Waals surface area contributed by atoms with Crippen molar-refractivity contribution < 1.29 is 21.6 Å². The van der Waals surface area contributed by atoms with E-state index in [1.807, 2.05) is 11.2 Å². The van der Waals surface area contributed by atoms with E-state index in [1.54, 1.807) is 6.07 Å². The van der Waals surface area contributed by atoms with Crippen molar-refractivity contribution in [1.82, 2.24) is 9.21 Å². The molecule has 0 aromatic heterocycles. The zero-order chi connectivity index (χ0) is 25.8. The summed E-state index contributed by atoms with van der Waals surface area (Å²) in [7, 11) is -7.59. The van der Waals surface area contributed by atoms with Crippen LogP contribution in [0.2, 0.25) is 0 Å². The molecule has 2 aliphatic heterocycles. The maximum atomic E-state index is 13.3. The highest BCUT2D eigenvalue weighted by Crippen LogP contribution is 2.28. The van der Waals surface area contributed by atoms with E-state index in [4.69, 9.17) is 0 Å². The summed E-state index contributed by atoms with van der Waals surface area (Å²) in [4.78, 5) is 15.9. The lowest BCUT2D eigenvalue weighted by atomic mass is 10.2. The van der Waals surface area contributed by atoms with Crippen LogP contribution in [0.5, 0.6) is 0 Å². The van der Waals surface area contributed by atoms with Gasteiger partial charge < -0.3 is 4.90 Å². The van der Waals surface area contributed by atoms with Gasteiger partial charge in [-0.05, 0) is 74.4 Å². The number of likely N-dealkylation sites (tertiary alicyclic amines) is 1. The van der Waals surface area contributed by atoms with Gasteiger partial charge in [0, 0.05) is 36.8 Å². The first-order chi connectivity index (χ1) is 17.2. The number of sulfonamides is 2. The molecule has 196 valence electrons. The molecule has 0 spiro atoms. The predicted octanol–water partition coefficient (Wildman–Crippen LogP) is 4.40. The molecule has 0 atom stereocenters. The van der Waals surface area contributed by atoms with Crippen LogP contribution in [0, 0.1) is 0 Å². The van der Waals surface area contributed by atoms with Gasteiger partial charge in [0.25, 0.3) is 15.9 Å². The van der Waals surface area contributed by atoms with Crippen molar-refractivity contribution in [2.45, 2.75) is 59.6 Å². The highest BCUT2D eigenvalue weighted by molar-refractivity contribution is 7.98. The van der Waals surface area contributed by atoms with E-state index in [0.717, 1.165) is 49.8 Å². The zero-order valence-corrected chi connectivity index (χ0v) is 22.9. The molecule has 2 aromatic carbocycles. The van der Waals surface area contributed by atoms with E-state index in [-0.39, 0.29) is 21.4 Å². The molecule has 2 aliphatic rings. The van der Waals surface area contributed by atoms with Gasteiger partial charge in [0.1, 0.15) is 0 Å². The first-order valence-corrected chi connectivity index (χ1v) is 16.5. The van der Waals surface area contributed by atoms with E-state index in [0.29, 0.717) is 31.7 Å². The van der Waals surface area contributed by atoms with Gasteiger partial charge in [0.2, 0.25) is 10.0 Å². The van der Waals surface area contributed by atoms with E-state index in [2.05, 4.69) is 4.72 Å². The number of carbonyl (C=O) groups excluding carboxylic acids is 1. The largest absolute Gasteiger partial charge is 0.339 e. The lowest BCUT2D eigenvalue weighted by molar-refractivity contribution is 0.0758. The molecule has 2 fully saturated rings. The fourth-order valence-corrected chi connectivity index (χ4v) is 7.80. The quantitative estimate of drug-likeness (QED) is 0.512. The Morgan fingerprint density at radius 2 is 1.33 bits per heavy atom. The summed E-state index contributed by atoms with van der Waals surface area (Å²) < 4.78 is 56.1. The summed E-state index contributed by atoms with van der Waals surface area (Å²) in [5.41, 5.74) is 0.636. The summed E-state index contributed by atoms with van der Waals surface area (Å²) in [5, 5.41) is 0. The first-order valence-electron chi connectivity index (χ1n) is 12.3. The van der Waals surface area contributed by atoms with Crippen molar-refractivity contribution in [2.24, 2.45) is 0 Å². The Balaban J connectivity index is 1.54. The Morgan fingerprint density at radius 3 is 1.94 bits per heavy atom. The number of anilines is 1. The number of rotatable bonds is 7. The summed E-state index contributed by atoms with van der Waals surface area (Å²) in [6, 6.07) is 10.3. The number of nitrogens with one attached hydrogen (secondary N) is 1. The Bertz CT molecular complexity index is 1280. The fourth-order valence-electron chi connectivity index (χ4n) is 4.63. The molecular formula is C25H33N3O5S3. The van der Waals surface area contributed by atoms with Crippen molar-refractivity contribution in [1.29, 1.82) is 0 Å². The molecular weight excluding hydrogens is 518 g/mol. The minimum Gasteiger partial charge on any atom is -0.339 e. The molecule has 0 saturated carbocycles. The number of piperidine rings is 1. The van der Waals surface area contributed by atoms with Crippen molar-refractivity contribution in [3.63, 3.8) is 0 Å². The smallest absolute Gasteiger partial charge is 0.261 e. The van der Waals surface area contributed by atoms with Gasteiger partial charge >= 0.3 is 0 Å². The summed E-state index contributed by atoms with van der Waals surface area (Å²) in [5.74, 6) is -0.148. The number of nitrogens with zero attached hydrogens (tertiary/aromatic N) is 2. The average molecular weight is 552 g/mol. The highest BCUT2D eigenvalue weighted by Gasteiger charge is 2.27. The molecule has 2 aromatic rings. The second-order valence-electron chi connectivity index (χ2n) is 9.16. The molecule has 1 amide bonds. The van der Waals surface area contributed by atoms with Gasteiger partial charge in [0.05, 0.1) is 15.4 Å². The van der Waals surface area contributed by atoms with Gasteiger partial charge in [-0.15, -0.1) is 11.8 Å². The normalized spacial score (nSPS) is 18.0. The van der Waals surface area contributed by atoms with E-state index in [1.165, 1.54) is 52.5 Å². The third kappa shape index (κ3) is 6.07. The fraction of sp³-hybridized carbons (Fsp3) is 0.480. The first kappa shape index (κ1) is 27.0. The number of thioether (sulfide) groups is 1. The molecule has 2 heterocycles. The Hall–Kier alpha value is -2.08. The van der Waals surface area contributed by atoms with Crippen LogP contribution in [-0.4, -0.2) is 64.4 Å². The van der Waals surface area contributed by atoms with Gasteiger partial charge in [0.15, 0.2) is 0 Å². The van der Waals surface area contributed by atoms with Crippen LogP contribution in [0.15, 0.2) is 57.2 Å². The third-order valence-electron chi connectivity index (χ3n) is 6.66. The van der Waals surface area contributed by atoms with Crippen LogP contribution < -0.4 is 4.72 Å². The highest BCUT2D eigenvalue weighted by atomic mass is 32.2. The van der Waals surface area contributed by atoms with Crippen LogP contribution >= 0.6 is 11.8 Å². The monoisotopic (exact) mass is 551 g/mol. The number of hydrogen-bond acceptors (Lipinski definition) is 6. The van der Waals surface area contributed by atoms with Crippen molar-refractivity contribution >= 4 is 43.4 Å². The van der Waals surface area contributed by atoms with E-state index in [9.17, 15) is 21.6 Å². The summed E-state index contributed by atoms with van der Waals surface area (Å²) in [6.07, 6.45) is 8.65. The second-order valence-corrected chi connectivity index (χ2v) is 13.6. The molecule has 0 bridgehead atoms. The summed E-state index contributed by atoms with van der Waals surface area (Å²) >= 11 is 1.41.